The Kier molecular flexibility index (Phi) is 7.93. The van der Waals surface area contributed by atoms with E-state index in [1.165, 1.54) is 32.6 Å². The first-order valence-electron chi connectivity index (χ1n) is 19.3. The van der Waals surface area contributed by atoms with Crippen LogP contribution in [0, 0.1) is 50.7 Å². The zero-order valence-electron chi connectivity index (χ0n) is 30.8. The van der Waals surface area contributed by atoms with Gasteiger partial charge in [-0.25, -0.2) is 0 Å². The topological polar surface area (TPSA) is 107 Å². The van der Waals surface area contributed by atoms with Crippen molar-refractivity contribution in [2.24, 2.45) is 50.7 Å². The minimum atomic E-state index is -1.25. The predicted molar refractivity (Wildman–Crippen MR) is 179 cm³/mol. The van der Waals surface area contributed by atoms with Gasteiger partial charge in [0.05, 0.1) is 62.4 Å². The Bertz CT molecular complexity index is 1280. The summed E-state index contributed by atoms with van der Waals surface area (Å²) >= 11 is 0. The van der Waals surface area contributed by atoms with Gasteiger partial charge < -0.3 is 33.9 Å². The molecule has 5 aliphatic carbocycles. The first-order valence-corrected chi connectivity index (χ1v) is 19.3. The van der Waals surface area contributed by atoms with Crippen LogP contribution in [0.1, 0.15) is 107 Å². The lowest BCUT2D eigenvalue weighted by molar-refractivity contribution is -0.256. The van der Waals surface area contributed by atoms with Gasteiger partial charge in [0, 0.05) is 18.9 Å². The number of nitrogens with zero attached hydrogens (tertiary/aromatic N) is 1. The van der Waals surface area contributed by atoms with Gasteiger partial charge in [0.25, 0.3) is 0 Å². The van der Waals surface area contributed by atoms with E-state index in [0.717, 1.165) is 52.2 Å². The van der Waals surface area contributed by atoms with Crippen molar-refractivity contribution >= 4 is 5.97 Å². The molecule has 0 aromatic heterocycles. The van der Waals surface area contributed by atoms with E-state index in [9.17, 15) is 15.0 Å². The van der Waals surface area contributed by atoms with Crippen LogP contribution in [0.25, 0.3) is 0 Å². The molecule has 1 unspecified atom stereocenters. The summed E-state index contributed by atoms with van der Waals surface area (Å²) in [4.78, 5) is 14.6. The average molecular weight is 674 g/mol. The Hall–Kier alpha value is -0.810. The molecule has 8 aliphatic rings. The number of rotatable bonds is 6. The number of aliphatic hydroxyl groups is 2. The lowest BCUT2D eigenvalue weighted by Crippen LogP contribution is -2.60. The van der Waals surface area contributed by atoms with E-state index >= 15 is 0 Å². The Morgan fingerprint density at radius 3 is 2.40 bits per heavy atom. The van der Waals surface area contributed by atoms with Gasteiger partial charge in [-0.1, -0.05) is 34.6 Å². The number of carbonyl (C=O) groups excluding carboxylic acids is 1. The highest BCUT2D eigenvalue weighted by molar-refractivity contribution is 5.66. The number of ether oxygens (including phenoxy) is 5. The maximum absolute atomic E-state index is 12.6. The molecule has 0 aromatic rings. The zero-order valence-corrected chi connectivity index (χ0v) is 30.8. The maximum atomic E-state index is 12.6. The van der Waals surface area contributed by atoms with Crippen molar-refractivity contribution in [2.75, 3.05) is 32.9 Å². The molecule has 2 N–H and O–H groups in total. The Morgan fingerprint density at radius 2 is 1.73 bits per heavy atom. The van der Waals surface area contributed by atoms with Gasteiger partial charge >= 0.3 is 5.97 Å². The van der Waals surface area contributed by atoms with E-state index in [1.807, 2.05) is 0 Å². The molecule has 5 saturated carbocycles. The van der Waals surface area contributed by atoms with Gasteiger partial charge in [0.2, 0.25) is 0 Å². The lowest BCUT2D eigenvalue weighted by atomic mass is 9.41. The molecule has 0 amide bonds. The molecule has 3 heterocycles. The first-order chi connectivity index (χ1) is 22.5. The van der Waals surface area contributed by atoms with Gasteiger partial charge in [-0.3, -0.25) is 9.69 Å². The molecular weight excluding hydrogens is 610 g/mol. The molecule has 9 nitrogen and oxygen atoms in total. The second-order valence-electron chi connectivity index (χ2n) is 19.3. The SMILES string of the molecule is CC(=O)O[C@@H]([C@H]1C[C@@H](C)[C@H]2[C@H](O1)[C@H](O)[C@@]1(C)[C@@H]3CC[C@H]4C(C)(C)[C@@H](O[C@H]5CN(C6COC6)CCO5)CCC45C[C@@]35CC[C@]21C)C(C)(C)O. The van der Waals surface area contributed by atoms with Crippen molar-refractivity contribution in [3.63, 3.8) is 0 Å². The summed E-state index contributed by atoms with van der Waals surface area (Å²) in [5, 5.41) is 23.6. The minimum absolute atomic E-state index is 0.0504. The van der Waals surface area contributed by atoms with Crippen LogP contribution in [-0.4, -0.2) is 102 Å². The number of morpholine rings is 1. The Labute approximate surface area is 288 Å². The van der Waals surface area contributed by atoms with Crippen molar-refractivity contribution in [3.05, 3.63) is 0 Å². The summed E-state index contributed by atoms with van der Waals surface area (Å²) in [6.07, 6.45) is 6.76. The Balaban J connectivity index is 1.03. The van der Waals surface area contributed by atoms with Crippen molar-refractivity contribution in [1.29, 1.82) is 0 Å². The molecule has 48 heavy (non-hydrogen) atoms. The van der Waals surface area contributed by atoms with Gasteiger partial charge in [-0.15, -0.1) is 0 Å². The van der Waals surface area contributed by atoms with Crippen LogP contribution >= 0.6 is 0 Å². The van der Waals surface area contributed by atoms with Crippen molar-refractivity contribution in [2.45, 2.75) is 155 Å². The highest BCUT2D eigenvalue weighted by Gasteiger charge is 2.84. The number of hydrogen-bond donors (Lipinski definition) is 2. The van der Waals surface area contributed by atoms with Crippen LogP contribution in [-0.2, 0) is 28.5 Å². The fourth-order valence-electron chi connectivity index (χ4n) is 14.3. The number of fused-ring (bicyclic) bond motifs is 4. The van der Waals surface area contributed by atoms with Crippen LogP contribution < -0.4 is 0 Å². The van der Waals surface area contributed by atoms with Crippen LogP contribution in [0.5, 0.6) is 0 Å². The molecule has 8 fully saturated rings. The minimum Gasteiger partial charge on any atom is -0.457 e. The van der Waals surface area contributed by atoms with Gasteiger partial charge in [0.15, 0.2) is 12.4 Å². The highest BCUT2D eigenvalue weighted by Crippen LogP contribution is 2.89. The van der Waals surface area contributed by atoms with Gasteiger partial charge in [-0.2, -0.15) is 0 Å². The zero-order chi connectivity index (χ0) is 34.2. The van der Waals surface area contributed by atoms with E-state index in [2.05, 4.69) is 39.5 Å². The van der Waals surface area contributed by atoms with Gasteiger partial charge in [0.1, 0.15) is 0 Å². The summed E-state index contributed by atoms with van der Waals surface area (Å²) in [5.74, 6) is 1.12. The van der Waals surface area contributed by atoms with Crippen LogP contribution in [0.3, 0.4) is 0 Å². The average Bonchev–Trinajstić information content (AvgIpc) is 3.61. The molecule has 0 bridgehead atoms. The van der Waals surface area contributed by atoms with Crippen molar-refractivity contribution < 1.29 is 38.7 Å². The van der Waals surface area contributed by atoms with E-state index in [1.54, 1.807) is 13.8 Å². The summed E-state index contributed by atoms with van der Waals surface area (Å²) in [7, 11) is 0. The van der Waals surface area contributed by atoms with Crippen LogP contribution in [0.2, 0.25) is 0 Å². The summed E-state index contributed by atoms with van der Waals surface area (Å²) in [6.45, 7) is 21.0. The Morgan fingerprint density at radius 1 is 1.02 bits per heavy atom. The largest absolute Gasteiger partial charge is 0.457 e. The number of esters is 1. The smallest absolute Gasteiger partial charge is 0.303 e. The molecule has 14 atom stereocenters. The monoisotopic (exact) mass is 673 g/mol. The third-order valence-corrected chi connectivity index (χ3v) is 16.6. The first kappa shape index (κ1) is 34.3. The van der Waals surface area contributed by atoms with E-state index in [4.69, 9.17) is 23.7 Å². The fourth-order valence-corrected chi connectivity index (χ4v) is 14.3. The normalized spacial score (nSPS) is 52.1. The highest BCUT2D eigenvalue weighted by atomic mass is 16.7. The van der Waals surface area contributed by atoms with Gasteiger partial charge in [-0.05, 0) is 111 Å². The van der Waals surface area contributed by atoms with Crippen molar-refractivity contribution in [1.82, 2.24) is 4.90 Å². The van der Waals surface area contributed by atoms with Crippen LogP contribution in [0.15, 0.2) is 0 Å². The predicted octanol–water partition coefficient (Wildman–Crippen LogP) is 4.94. The molecule has 3 aliphatic heterocycles. The second kappa shape index (κ2) is 11.1. The third kappa shape index (κ3) is 4.55. The summed E-state index contributed by atoms with van der Waals surface area (Å²) in [6, 6.07) is 0.508. The molecule has 0 radical (unpaired) electrons. The second-order valence-corrected chi connectivity index (χ2v) is 19.3. The van der Waals surface area contributed by atoms with E-state index in [-0.39, 0.29) is 52.0 Å². The van der Waals surface area contributed by atoms with Crippen LogP contribution in [0.4, 0.5) is 0 Å². The van der Waals surface area contributed by atoms with E-state index < -0.39 is 29.9 Å². The third-order valence-electron chi connectivity index (χ3n) is 16.6. The molecule has 3 saturated heterocycles. The molecule has 272 valence electrons. The standard InChI is InChI=1S/C39H63NO8/c1-22-17-25(33(35(5,6)43)46-23(2)41)47-31-30(22)36(7)13-14-39-21-38(39)12-11-28(48-29-18-40(15-16-45-29)24-19-44-20-24)34(3,4)26(38)9-10-27(39)37(36,8)32(31)42/h22,24-33,42-43H,9-21H2,1-8H3/t22-,25-,26+,27+,28+,29+,30+,31+,32+,33+,36-,37-,38?,39+/m1/s1. The number of aliphatic hydroxyl groups excluding tert-OH is 1. The molecule has 8 rings (SSSR count). The molecule has 2 spiro atoms. The molecule has 9 heteroatoms. The maximum Gasteiger partial charge on any atom is 0.303 e. The van der Waals surface area contributed by atoms with E-state index in [0.29, 0.717) is 29.7 Å². The number of carbonyl (C=O) groups is 1. The van der Waals surface area contributed by atoms with Crippen molar-refractivity contribution in [3.8, 4) is 0 Å². The summed E-state index contributed by atoms with van der Waals surface area (Å²) in [5.41, 5.74) is -0.943. The lowest BCUT2D eigenvalue weighted by Gasteiger charge is -2.64. The molecule has 0 aromatic carbocycles. The quantitative estimate of drug-likeness (QED) is 0.379. The summed E-state index contributed by atoms with van der Waals surface area (Å²) < 4.78 is 31.1. The fraction of sp³-hybridized carbons (Fsp3) is 0.974. The molecular formula is C39H63NO8. The number of hydrogen-bond acceptors (Lipinski definition) is 9.